The van der Waals surface area contributed by atoms with Crippen molar-refractivity contribution in [3.05, 3.63) is 22.9 Å². The zero-order chi connectivity index (χ0) is 9.26. The fourth-order valence-corrected chi connectivity index (χ4v) is 1.36. The van der Waals surface area contributed by atoms with E-state index >= 15 is 0 Å². The third-order valence-corrected chi connectivity index (χ3v) is 2.38. The van der Waals surface area contributed by atoms with Gasteiger partial charge >= 0.3 is 5.69 Å². The SMILES string of the molecule is Cn1ccn(CCNC2CC2)c1=O. The van der Waals surface area contributed by atoms with Gasteiger partial charge in [0, 0.05) is 38.6 Å². The molecule has 1 aromatic heterocycles. The molecule has 13 heavy (non-hydrogen) atoms. The van der Waals surface area contributed by atoms with Gasteiger partial charge in [-0.15, -0.1) is 0 Å². The molecule has 0 bridgehead atoms. The van der Waals surface area contributed by atoms with E-state index in [1.165, 1.54) is 12.8 Å². The quantitative estimate of drug-likeness (QED) is 0.706. The van der Waals surface area contributed by atoms with Crippen LogP contribution in [0.3, 0.4) is 0 Å². The minimum atomic E-state index is 0.0672. The summed E-state index contributed by atoms with van der Waals surface area (Å²) in [6, 6.07) is 0.722. The van der Waals surface area contributed by atoms with Crippen LogP contribution in [-0.4, -0.2) is 21.7 Å². The summed E-state index contributed by atoms with van der Waals surface area (Å²) in [7, 11) is 1.77. The zero-order valence-electron chi connectivity index (χ0n) is 7.86. The van der Waals surface area contributed by atoms with Crippen molar-refractivity contribution in [2.45, 2.75) is 25.4 Å². The monoisotopic (exact) mass is 181 g/mol. The van der Waals surface area contributed by atoms with Crippen molar-refractivity contribution in [3.63, 3.8) is 0 Å². The number of nitrogens with one attached hydrogen (secondary N) is 1. The van der Waals surface area contributed by atoms with Crippen LogP contribution in [0.25, 0.3) is 0 Å². The molecule has 0 aromatic carbocycles. The standard InChI is InChI=1S/C9H15N3O/c1-11-6-7-12(9(11)13)5-4-10-8-2-3-8/h6-8,10H,2-5H2,1H3. The Labute approximate surface area is 77.2 Å². The predicted molar refractivity (Wildman–Crippen MR) is 50.7 cm³/mol. The molecule has 1 aliphatic rings. The smallest absolute Gasteiger partial charge is 0.312 e. The largest absolute Gasteiger partial charge is 0.327 e. The van der Waals surface area contributed by atoms with Gasteiger partial charge < -0.3 is 9.88 Å². The average molecular weight is 181 g/mol. The number of aryl methyl sites for hydroxylation is 1. The first kappa shape index (κ1) is 8.56. The van der Waals surface area contributed by atoms with Crippen molar-refractivity contribution in [1.29, 1.82) is 0 Å². The van der Waals surface area contributed by atoms with Gasteiger partial charge in [-0.2, -0.15) is 0 Å². The minimum absolute atomic E-state index is 0.0672. The Morgan fingerprint density at radius 2 is 2.31 bits per heavy atom. The van der Waals surface area contributed by atoms with Crippen molar-refractivity contribution in [2.24, 2.45) is 7.05 Å². The van der Waals surface area contributed by atoms with Crippen molar-refractivity contribution in [1.82, 2.24) is 14.5 Å². The van der Waals surface area contributed by atoms with Crippen molar-refractivity contribution in [3.8, 4) is 0 Å². The summed E-state index contributed by atoms with van der Waals surface area (Å²) < 4.78 is 3.33. The van der Waals surface area contributed by atoms with Crippen LogP contribution in [0.5, 0.6) is 0 Å². The van der Waals surface area contributed by atoms with Gasteiger partial charge in [0.2, 0.25) is 0 Å². The second-order valence-electron chi connectivity index (χ2n) is 3.61. The second-order valence-corrected chi connectivity index (χ2v) is 3.61. The molecule has 0 saturated heterocycles. The second kappa shape index (κ2) is 3.38. The maximum atomic E-state index is 11.4. The van der Waals surface area contributed by atoms with Gasteiger partial charge in [-0.1, -0.05) is 0 Å². The van der Waals surface area contributed by atoms with Gasteiger partial charge in [-0.3, -0.25) is 4.57 Å². The molecule has 1 aromatic rings. The molecule has 1 saturated carbocycles. The maximum Gasteiger partial charge on any atom is 0.327 e. The molecule has 1 aliphatic carbocycles. The summed E-state index contributed by atoms with van der Waals surface area (Å²) in [5.74, 6) is 0. The molecule has 0 aliphatic heterocycles. The first-order valence-electron chi connectivity index (χ1n) is 4.72. The van der Waals surface area contributed by atoms with Crippen LogP contribution >= 0.6 is 0 Å². The number of imidazole rings is 1. The van der Waals surface area contributed by atoms with E-state index in [2.05, 4.69) is 5.32 Å². The highest BCUT2D eigenvalue weighted by Gasteiger charge is 2.19. The molecule has 1 heterocycles. The van der Waals surface area contributed by atoms with Crippen LogP contribution in [0.15, 0.2) is 17.2 Å². The Morgan fingerprint density at radius 3 is 2.85 bits per heavy atom. The zero-order valence-corrected chi connectivity index (χ0v) is 7.86. The molecule has 4 nitrogen and oxygen atoms in total. The topological polar surface area (TPSA) is 39.0 Å². The van der Waals surface area contributed by atoms with Gasteiger partial charge in [-0.05, 0) is 12.8 Å². The van der Waals surface area contributed by atoms with E-state index in [9.17, 15) is 4.79 Å². The van der Waals surface area contributed by atoms with E-state index < -0.39 is 0 Å². The molecule has 4 heteroatoms. The lowest BCUT2D eigenvalue weighted by Crippen LogP contribution is -2.28. The van der Waals surface area contributed by atoms with E-state index in [1.807, 2.05) is 6.20 Å². The van der Waals surface area contributed by atoms with E-state index in [0.29, 0.717) is 0 Å². The molecule has 0 unspecified atom stereocenters. The lowest BCUT2D eigenvalue weighted by atomic mass is 10.5. The molecule has 1 fully saturated rings. The summed E-state index contributed by atoms with van der Waals surface area (Å²) in [4.78, 5) is 11.4. The number of rotatable bonds is 4. The number of hydrogen-bond acceptors (Lipinski definition) is 2. The third-order valence-electron chi connectivity index (χ3n) is 2.38. The molecule has 1 N–H and O–H groups in total. The highest BCUT2D eigenvalue weighted by atomic mass is 16.1. The number of hydrogen-bond donors (Lipinski definition) is 1. The van der Waals surface area contributed by atoms with Gasteiger partial charge in [-0.25, -0.2) is 4.79 Å². The normalized spacial score (nSPS) is 16.4. The molecular formula is C9H15N3O. The molecule has 0 radical (unpaired) electrons. The Bertz CT molecular complexity index is 335. The summed E-state index contributed by atoms with van der Waals surface area (Å²) in [5, 5.41) is 3.37. The van der Waals surface area contributed by atoms with Crippen molar-refractivity contribution in [2.75, 3.05) is 6.54 Å². The predicted octanol–water partition coefficient (Wildman–Crippen LogP) is -0.0612. The summed E-state index contributed by atoms with van der Waals surface area (Å²) in [5.41, 5.74) is 0.0672. The molecule has 0 spiro atoms. The van der Waals surface area contributed by atoms with Crippen molar-refractivity contribution < 1.29 is 0 Å². The average Bonchev–Trinajstić information content (AvgIpc) is 2.88. The van der Waals surface area contributed by atoms with Crippen LogP contribution in [0.1, 0.15) is 12.8 Å². The number of nitrogens with zero attached hydrogens (tertiary/aromatic N) is 2. The molecular weight excluding hydrogens is 166 g/mol. The van der Waals surface area contributed by atoms with Crippen LogP contribution in [-0.2, 0) is 13.6 Å². The molecule has 0 atom stereocenters. The summed E-state index contributed by atoms with van der Waals surface area (Å²) in [6.45, 7) is 1.67. The third kappa shape index (κ3) is 2.01. The fourth-order valence-electron chi connectivity index (χ4n) is 1.36. The van der Waals surface area contributed by atoms with Gasteiger partial charge in [0.1, 0.15) is 0 Å². The van der Waals surface area contributed by atoms with Crippen LogP contribution in [0.4, 0.5) is 0 Å². The fraction of sp³-hybridized carbons (Fsp3) is 0.667. The van der Waals surface area contributed by atoms with Crippen LogP contribution < -0.4 is 11.0 Å². The van der Waals surface area contributed by atoms with E-state index in [4.69, 9.17) is 0 Å². The van der Waals surface area contributed by atoms with E-state index in [0.717, 1.165) is 19.1 Å². The molecule has 72 valence electrons. The first-order chi connectivity index (χ1) is 6.27. The van der Waals surface area contributed by atoms with Crippen LogP contribution in [0, 0.1) is 0 Å². The Hall–Kier alpha value is -1.03. The van der Waals surface area contributed by atoms with Crippen LogP contribution in [0.2, 0.25) is 0 Å². The van der Waals surface area contributed by atoms with Gasteiger partial charge in [0.05, 0.1) is 0 Å². The minimum Gasteiger partial charge on any atom is -0.312 e. The highest BCUT2D eigenvalue weighted by molar-refractivity contribution is 4.83. The highest BCUT2D eigenvalue weighted by Crippen LogP contribution is 2.17. The Balaban J connectivity index is 1.86. The summed E-state index contributed by atoms with van der Waals surface area (Å²) >= 11 is 0. The molecule has 2 rings (SSSR count). The summed E-state index contributed by atoms with van der Waals surface area (Å²) in [6.07, 6.45) is 6.21. The molecule has 0 amide bonds. The van der Waals surface area contributed by atoms with Crippen molar-refractivity contribution >= 4 is 0 Å². The maximum absolute atomic E-state index is 11.4. The Morgan fingerprint density at radius 1 is 1.54 bits per heavy atom. The number of aromatic nitrogens is 2. The first-order valence-corrected chi connectivity index (χ1v) is 4.72. The lowest BCUT2D eigenvalue weighted by Gasteiger charge is -2.02. The van der Waals surface area contributed by atoms with Gasteiger partial charge in [0.25, 0.3) is 0 Å². The Kier molecular flexibility index (Phi) is 2.22. The van der Waals surface area contributed by atoms with E-state index in [-0.39, 0.29) is 5.69 Å². The van der Waals surface area contributed by atoms with Gasteiger partial charge in [0.15, 0.2) is 0 Å². The van der Waals surface area contributed by atoms with E-state index in [1.54, 1.807) is 22.4 Å². The lowest BCUT2D eigenvalue weighted by molar-refractivity contribution is 0.576.